The van der Waals surface area contributed by atoms with Crippen molar-refractivity contribution < 1.29 is 23.7 Å². The smallest absolute Gasteiger partial charge is 0.270 e. The maximum atomic E-state index is 12.6. The van der Waals surface area contributed by atoms with Crippen molar-refractivity contribution in [2.75, 3.05) is 0 Å². The molecule has 0 aliphatic carbocycles. The van der Waals surface area contributed by atoms with Crippen LogP contribution >= 0.6 is 15.9 Å². The Morgan fingerprint density at radius 1 is 1.26 bits per heavy atom. The van der Waals surface area contributed by atoms with Gasteiger partial charge in [0, 0.05) is 27.9 Å². The highest BCUT2D eigenvalue weighted by Crippen LogP contribution is 2.33. The number of carbonyl (C=O) groups excluding carboxylic acids is 3. The van der Waals surface area contributed by atoms with Gasteiger partial charge in [0.2, 0.25) is 11.7 Å². The van der Waals surface area contributed by atoms with E-state index < -0.39 is 16.7 Å². The number of nitro benzene ring substituents is 1. The number of rotatable bonds is 5. The molecule has 0 fully saturated rings. The third-order valence-electron chi connectivity index (χ3n) is 4.85. The monoisotopic (exact) mass is 483 g/mol. The maximum Gasteiger partial charge on any atom is 0.270 e. The molecule has 0 spiro atoms. The van der Waals surface area contributed by atoms with Crippen molar-refractivity contribution >= 4 is 45.3 Å². The standard InChI is InChI=1S/C21H14BrN3O6/c1-10-19-15(9-18(27)24-21(19)28)23-20(10)16(26)6-3-12-4-7-17(31-12)13-5-2-11(25(29)30)8-14(13)22/h2-8,23H,9H2,1H3,(H,24,27,28). The van der Waals surface area contributed by atoms with Crippen LogP contribution in [0, 0.1) is 17.0 Å². The van der Waals surface area contributed by atoms with Crippen LogP contribution < -0.4 is 5.32 Å². The normalized spacial score (nSPS) is 13.4. The minimum absolute atomic E-state index is 0.00453. The lowest BCUT2D eigenvalue weighted by molar-refractivity contribution is -0.384. The number of ketones is 1. The lowest BCUT2D eigenvalue weighted by atomic mass is 10.0. The van der Waals surface area contributed by atoms with Gasteiger partial charge in [-0.25, -0.2) is 0 Å². The van der Waals surface area contributed by atoms with Gasteiger partial charge in [0.1, 0.15) is 11.5 Å². The Labute approximate surface area is 183 Å². The average Bonchev–Trinajstić information content (AvgIpc) is 3.30. The first-order valence-electron chi connectivity index (χ1n) is 9.06. The van der Waals surface area contributed by atoms with Crippen molar-refractivity contribution in [2.45, 2.75) is 13.3 Å². The second-order valence-electron chi connectivity index (χ2n) is 6.85. The van der Waals surface area contributed by atoms with Gasteiger partial charge in [-0.1, -0.05) is 0 Å². The number of amides is 2. The molecule has 9 nitrogen and oxygen atoms in total. The number of benzene rings is 1. The number of carbonyl (C=O) groups is 3. The molecule has 2 aromatic heterocycles. The van der Waals surface area contributed by atoms with Gasteiger partial charge in [0.05, 0.1) is 22.6 Å². The molecule has 1 aliphatic rings. The van der Waals surface area contributed by atoms with Crippen LogP contribution in [-0.4, -0.2) is 27.5 Å². The third-order valence-corrected chi connectivity index (χ3v) is 5.50. The number of nitro groups is 1. The number of allylic oxidation sites excluding steroid dienone is 1. The van der Waals surface area contributed by atoms with E-state index in [1.54, 1.807) is 25.1 Å². The molecule has 3 heterocycles. The first-order chi connectivity index (χ1) is 14.7. The van der Waals surface area contributed by atoms with Crippen LogP contribution in [0.4, 0.5) is 5.69 Å². The number of H-pyrrole nitrogens is 1. The zero-order valence-corrected chi connectivity index (χ0v) is 17.6. The minimum Gasteiger partial charge on any atom is -0.457 e. The summed E-state index contributed by atoms with van der Waals surface area (Å²) in [6, 6.07) is 7.67. The second kappa shape index (κ2) is 7.80. The summed E-state index contributed by atoms with van der Waals surface area (Å²) < 4.78 is 6.22. The van der Waals surface area contributed by atoms with Crippen molar-refractivity contribution in [3.63, 3.8) is 0 Å². The first-order valence-corrected chi connectivity index (χ1v) is 9.86. The summed E-state index contributed by atoms with van der Waals surface area (Å²) in [5, 5.41) is 13.1. The van der Waals surface area contributed by atoms with Crippen molar-refractivity contribution in [3.8, 4) is 11.3 Å². The van der Waals surface area contributed by atoms with Crippen LogP contribution in [0.2, 0.25) is 0 Å². The lowest BCUT2D eigenvalue weighted by Gasteiger charge is -2.11. The van der Waals surface area contributed by atoms with E-state index in [4.69, 9.17) is 4.42 Å². The van der Waals surface area contributed by atoms with Crippen LogP contribution in [0.15, 0.2) is 45.3 Å². The van der Waals surface area contributed by atoms with Gasteiger partial charge in [-0.2, -0.15) is 0 Å². The molecular weight excluding hydrogens is 470 g/mol. The van der Waals surface area contributed by atoms with Gasteiger partial charge in [0.25, 0.3) is 11.6 Å². The highest BCUT2D eigenvalue weighted by molar-refractivity contribution is 9.10. The Kier molecular flexibility index (Phi) is 5.15. The zero-order chi connectivity index (χ0) is 22.3. The van der Waals surface area contributed by atoms with Gasteiger partial charge >= 0.3 is 0 Å². The summed E-state index contributed by atoms with van der Waals surface area (Å²) in [4.78, 5) is 49.4. The molecule has 0 radical (unpaired) electrons. The summed E-state index contributed by atoms with van der Waals surface area (Å²) in [6.07, 6.45) is 2.79. The van der Waals surface area contributed by atoms with E-state index in [0.29, 0.717) is 38.4 Å². The number of nitrogens with one attached hydrogen (secondary N) is 2. The molecule has 0 saturated carbocycles. The molecule has 0 saturated heterocycles. The number of imide groups is 1. The van der Waals surface area contributed by atoms with Crippen molar-refractivity contribution in [3.05, 3.63) is 79.3 Å². The summed E-state index contributed by atoms with van der Waals surface area (Å²) in [5.41, 5.74) is 2.03. The largest absolute Gasteiger partial charge is 0.457 e. The number of aromatic amines is 1. The molecule has 31 heavy (non-hydrogen) atoms. The fraction of sp³-hybridized carbons (Fsp3) is 0.0952. The van der Waals surface area contributed by atoms with Crippen LogP contribution in [0.1, 0.15) is 37.9 Å². The SMILES string of the molecule is Cc1c(C(=O)C=Cc2ccc(-c3ccc([N+](=O)[O-])cc3Br)o2)[nH]c2c1C(=O)NC(=O)C2. The fourth-order valence-electron chi connectivity index (χ4n) is 3.38. The quantitative estimate of drug-likeness (QED) is 0.185. The van der Waals surface area contributed by atoms with Gasteiger partial charge in [-0.05, 0) is 58.8 Å². The van der Waals surface area contributed by atoms with Crippen molar-refractivity contribution in [2.24, 2.45) is 0 Å². The van der Waals surface area contributed by atoms with Crippen LogP contribution in [-0.2, 0) is 11.2 Å². The molecule has 10 heteroatoms. The molecule has 0 atom stereocenters. The Hall–Kier alpha value is -3.79. The van der Waals surface area contributed by atoms with E-state index in [0.717, 1.165) is 0 Å². The predicted octanol–water partition coefficient (Wildman–Crippen LogP) is 3.96. The molecule has 4 rings (SSSR count). The molecule has 0 unspecified atom stereocenters. The van der Waals surface area contributed by atoms with Gasteiger partial charge in [0.15, 0.2) is 0 Å². The van der Waals surface area contributed by atoms with E-state index in [1.807, 2.05) is 0 Å². The molecular formula is C21H14BrN3O6. The molecule has 156 valence electrons. The number of aromatic nitrogens is 1. The lowest BCUT2D eigenvalue weighted by Crippen LogP contribution is -2.37. The Balaban J connectivity index is 1.56. The second-order valence-corrected chi connectivity index (χ2v) is 7.71. The highest BCUT2D eigenvalue weighted by atomic mass is 79.9. The number of halogens is 1. The van der Waals surface area contributed by atoms with Crippen LogP contribution in [0.5, 0.6) is 0 Å². The van der Waals surface area contributed by atoms with Gasteiger partial charge in [-0.15, -0.1) is 0 Å². The molecule has 2 amide bonds. The number of non-ortho nitro benzene ring substituents is 1. The molecule has 2 N–H and O–H groups in total. The van der Waals surface area contributed by atoms with E-state index >= 15 is 0 Å². The Morgan fingerprint density at radius 2 is 2.03 bits per heavy atom. The predicted molar refractivity (Wildman–Crippen MR) is 114 cm³/mol. The number of furan rings is 1. The fourth-order valence-corrected chi connectivity index (χ4v) is 3.95. The van der Waals surface area contributed by atoms with E-state index in [9.17, 15) is 24.5 Å². The van der Waals surface area contributed by atoms with Crippen LogP contribution in [0.3, 0.4) is 0 Å². The molecule has 1 aliphatic heterocycles. The maximum absolute atomic E-state index is 12.6. The summed E-state index contributed by atoms with van der Waals surface area (Å²) in [7, 11) is 0. The molecule has 0 bridgehead atoms. The number of fused-ring (bicyclic) bond motifs is 1. The number of hydrogen-bond acceptors (Lipinski definition) is 6. The minimum atomic E-state index is -0.521. The van der Waals surface area contributed by atoms with Gasteiger partial charge < -0.3 is 9.40 Å². The molecule has 3 aromatic rings. The van der Waals surface area contributed by atoms with Crippen LogP contribution in [0.25, 0.3) is 17.4 Å². The zero-order valence-electron chi connectivity index (χ0n) is 16.0. The average molecular weight is 484 g/mol. The highest BCUT2D eigenvalue weighted by Gasteiger charge is 2.29. The Bertz CT molecular complexity index is 1300. The Morgan fingerprint density at radius 3 is 2.74 bits per heavy atom. The summed E-state index contributed by atoms with van der Waals surface area (Å²) in [5.74, 6) is -0.450. The third kappa shape index (κ3) is 3.84. The number of nitrogens with zero attached hydrogens (tertiary/aromatic N) is 1. The summed E-state index contributed by atoms with van der Waals surface area (Å²) >= 11 is 3.30. The van der Waals surface area contributed by atoms with Crippen molar-refractivity contribution in [1.29, 1.82) is 0 Å². The van der Waals surface area contributed by atoms with E-state index in [-0.39, 0.29) is 23.6 Å². The number of hydrogen-bond donors (Lipinski definition) is 2. The van der Waals surface area contributed by atoms with E-state index in [2.05, 4.69) is 26.2 Å². The van der Waals surface area contributed by atoms with Crippen molar-refractivity contribution in [1.82, 2.24) is 10.3 Å². The van der Waals surface area contributed by atoms with Gasteiger partial charge in [-0.3, -0.25) is 29.8 Å². The first kappa shape index (κ1) is 20.5. The topological polar surface area (TPSA) is 135 Å². The molecule has 1 aromatic carbocycles. The van der Waals surface area contributed by atoms with E-state index in [1.165, 1.54) is 24.3 Å². The summed E-state index contributed by atoms with van der Waals surface area (Å²) in [6.45, 7) is 1.64.